The average Bonchev–Trinajstić information content (AvgIpc) is 3.80. The van der Waals surface area contributed by atoms with Crippen molar-refractivity contribution in [1.29, 1.82) is 0 Å². The van der Waals surface area contributed by atoms with Crippen molar-refractivity contribution in [3.63, 3.8) is 0 Å². The van der Waals surface area contributed by atoms with Gasteiger partial charge in [-0.2, -0.15) is 6.07 Å². The van der Waals surface area contributed by atoms with Crippen molar-refractivity contribution in [2.45, 2.75) is 47.2 Å². The van der Waals surface area contributed by atoms with Gasteiger partial charge in [0.1, 0.15) is 0 Å². The van der Waals surface area contributed by atoms with Crippen LogP contribution in [0.15, 0.2) is 126 Å². The largest absolute Gasteiger partial charge is 0.496 e. The summed E-state index contributed by atoms with van der Waals surface area (Å²) in [5.41, 5.74) is 10.3. The molecule has 0 aliphatic heterocycles. The fourth-order valence-electron chi connectivity index (χ4n) is 5.76. The van der Waals surface area contributed by atoms with Crippen LogP contribution in [0.4, 0.5) is 0 Å². The zero-order valence-electron chi connectivity index (χ0n) is 27.4. The van der Waals surface area contributed by atoms with E-state index >= 15 is 0 Å². The van der Waals surface area contributed by atoms with E-state index in [4.69, 9.17) is 21.4 Å². The molecule has 0 N–H and O–H groups in total. The molecule has 6 aromatic carbocycles. The minimum absolute atomic E-state index is 0.224. The molecule has 0 radical (unpaired) electrons. The van der Waals surface area contributed by atoms with E-state index in [2.05, 4.69) is 143 Å². The molecule has 7 aromatic rings. The SMILES string of the molecule is CCc1cc2c(-c3ccccc3)c(C)ccc2[cH-]1.C[Si](C)=[Zr]([Cl])[Cl].Cc1ccc(-c2cc3c(-c4ccccc4)c(C)ccc3[cH-]2)o1. The maximum absolute atomic E-state index is 5.77. The first-order chi connectivity index (χ1) is 22.2. The number of furan rings is 1. The van der Waals surface area contributed by atoms with Crippen molar-refractivity contribution >= 4 is 44.0 Å². The van der Waals surface area contributed by atoms with Crippen LogP contribution in [-0.2, 0) is 24.4 Å². The molecule has 0 spiro atoms. The van der Waals surface area contributed by atoms with Gasteiger partial charge in [-0.3, -0.25) is 0 Å². The summed E-state index contributed by atoms with van der Waals surface area (Å²) < 4.78 is 5.77. The molecular weight excluding hydrogens is 699 g/mol. The fourth-order valence-corrected chi connectivity index (χ4v) is 5.76. The van der Waals surface area contributed by atoms with E-state index in [1.807, 2.05) is 19.1 Å². The smallest absolute Gasteiger partial charge is 0.0896 e. The van der Waals surface area contributed by atoms with Gasteiger partial charge in [-0.05, 0) is 56.0 Å². The van der Waals surface area contributed by atoms with Gasteiger partial charge < -0.3 is 4.42 Å². The molecule has 5 heteroatoms. The number of aryl methyl sites for hydroxylation is 4. The average molecular weight is 739 g/mol. The molecule has 234 valence electrons. The van der Waals surface area contributed by atoms with Crippen LogP contribution in [0, 0.1) is 20.8 Å². The molecule has 46 heavy (non-hydrogen) atoms. The van der Waals surface area contributed by atoms with Crippen molar-refractivity contribution in [3.8, 4) is 33.6 Å². The van der Waals surface area contributed by atoms with Gasteiger partial charge in [0.2, 0.25) is 0 Å². The molecular formula is C41H40Cl2OSiZr-2. The van der Waals surface area contributed by atoms with E-state index in [0.29, 0.717) is 0 Å². The molecule has 0 unspecified atom stereocenters. The van der Waals surface area contributed by atoms with Crippen LogP contribution in [-0.4, -0.2) is 5.43 Å². The van der Waals surface area contributed by atoms with Crippen LogP contribution in [0.5, 0.6) is 0 Å². The van der Waals surface area contributed by atoms with Gasteiger partial charge in [-0.15, -0.1) is 63.5 Å². The molecule has 0 saturated carbocycles. The van der Waals surface area contributed by atoms with E-state index in [1.165, 1.54) is 60.5 Å². The minimum Gasteiger partial charge on any atom is -0.496 e. The van der Waals surface area contributed by atoms with Crippen LogP contribution < -0.4 is 0 Å². The quantitative estimate of drug-likeness (QED) is 0.129. The second-order valence-electron chi connectivity index (χ2n) is 11.9. The molecule has 1 nitrogen and oxygen atoms in total. The molecule has 0 amide bonds. The zero-order chi connectivity index (χ0) is 32.8. The van der Waals surface area contributed by atoms with E-state index in [9.17, 15) is 0 Å². The van der Waals surface area contributed by atoms with Gasteiger partial charge in [0.25, 0.3) is 0 Å². The minimum atomic E-state index is -1.65. The first kappa shape index (κ1) is 34.4. The Hall–Kier alpha value is -2.94. The Balaban J connectivity index is 0.000000157. The van der Waals surface area contributed by atoms with Crippen LogP contribution >= 0.6 is 17.0 Å². The Morgan fingerprint density at radius 3 is 1.61 bits per heavy atom. The molecule has 0 fully saturated rings. The van der Waals surface area contributed by atoms with E-state index in [0.717, 1.165) is 23.5 Å². The van der Waals surface area contributed by atoms with Crippen molar-refractivity contribution in [3.05, 3.63) is 144 Å². The molecule has 0 bridgehead atoms. The van der Waals surface area contributed by atoms with Crippen molar-refractivity contribution in [1.82, 2.24) is 0 Å². The summed E-state index contributed by atoms with van der Waals surface area (Å²) in [5, 5.41) is 5.29. The number of rotatable bonds is 4. The van der Waals surface area contributed by atoms with Crippen molar-refractivity contribution in [2.75, 3.05) is 0 Å². The van der Waals surface area contributed by atoms with Gasteiger partial charge >= 0.3 is 53.5 Å². The predicted octanol–water partition coefficient (Wildman–Crippen LogP) is 13.4. The molecule has 7 rings (SSSR count). The summed E-state index contributed by atoms with van der Waals surface area (Å²) in [6.07, 6.45) is 1.10. The van der Waals surface area contributed by atoms with Crippen LogP contribution in [0.1, 0.15) is 29.4 Å². The monoisotopic (exact) mass is 736 g/mol. The Kier molecular flexibility index (Phi) is 11.8. The van der Waals surface area contributed by atoms with Crippen LogP contribution in [0.25, 0.3) is 55.1 Å². The third kappa shape index (κ3) is 8.12. The second-order valence-corrected chi connectivity index (χ2v) is 34.9. The molecule has 1 heterocycles. The number of hydrogen-bond acceptors (Lipinski definition) is 1. The van der Waals surface area contributed by atoms with Crippen LogP contribution in [0.3, 0.4) is 0 Å². The number of fused-ring (bicyclic) bond motifs is 2. The Morgan fingerprint density at radius 1 is 0.652 bits per heavy atom. The fraction of sp³-hybridized carbons (Fsp3) is 0.171. The summed E-state index contributed by atoms with van der Waals surface area (Å²) in [4.78, 5) is 0. The van der Waals surface area contributed by atoms with Crippen molar-refractivity contribution in [2.24, 2.45) is 0 Å². The normalized spacial score (nSPS) is 10.7. The van der Waals surface area contributed by atoms with Gasteiger partial charge in [-0.1, -0.05) is 95.9 Å². The summed E-state index contributed by atoms with van der Waals surface area (Å²) in [6, 6.07) is 43.2. The summed E-state index contributed by atoms with van der Waals surface area (Å²) in [7, 11) is 11.2. The Bertz CT molecular complexity index is 2080. The molecule has 0 aliphatic carbocycles. The third-order valence-corrected chi connectivity index (χ3v) is 27.9. The Morgan fingerprint density at radius 2 is 1.15 bits per heavy atom. The van der Waals surface area contributed by atoms with E-state index in [-0.39, 0.29) is 5.43 Å². The summed E-state index contributed by atoms with van der Waals surface area (Å²) in [6.45, 7) is 12.9. The maximum Gasteiger partial charge on any atom is 0.0896 e. The molecule has 0 saturated heterocycles. The van der Waals surface area contributed by atoms with Gasteiger partial charge in [0, 0.05) is 0 Å². The Labute approximate surface area is 288 Å². The van der Waals surface area contributed by atoms with Crippen molar-refractivity contribution < 1.29 is 22.4 Å². The molecule has 0 atom stereocenters. The number of hydrogen-bond donors (Lipinski definition) is 0. The summed E-state index contributed by atoms with van der Waals surface area (Å²) in [5.74, 6) is 1.88. The second kappa shape index (κ2) is 15.8. The number of benzene rings is 4. The molecule has 1 aromatic heterocycles. The first-order valence-electron chi connectivity index (χ1n) is 15.7. The van der Waals surface area contributed by atoms with Crippen LogP contribution in [0.2, 0.25) is 13.1 Å². The molecule has 0 aliphatic rings. The van der Waals surface area contributed by atoms with Gasteiger partial charge in [0.05, 0.1) is 11.5 Å². The first-order valence-corrected chi connectivity index (χ1v) is 28.2. The van der Waals surface area contributed by atoms with Gasteiger partial charge in [-0.25, -0.2) is 0 Å². The summed E-state index contributed by atoms with van der Waals surface area (Å²) >= 11 is -1.65. The number of halogens is 2. The topological polar surface area (TPSA) is 13.1 Å². The maximum atomic E-state index is 5.77. The predicted molar refractivity (Wildman–Crippen MR) is 200 cm³/mol. The van der Waals surface area contributed by atoms with E-state index in [1.54, 1.807) is 0 Å². The van der Waals surface area contributed by atoms with E-state index < -0.39 is 18.0 Å². The van der Waals surface area contributed by atoms with Gasteiger partial charge in [0.15, 0.2) is 0 Å². The standard InChI is InChI=1S/C21H17O.C18H17.C2H6Si.2ClH.Zr/c1-14-8-10-17-12-18(20-11-9-15(2)22-20)13-19(17)21(14)16-6-4-3-5-7-16;1-3-14-11-16-10-9-13(2)18(17(16)12-14)15-7-5-4-6-8-15;1-3-2;;;/h3-13H,1-2H3;4-12H,3H2,1-2H3;1-2H3;2*1H;/q2*-1;;;;+2/p-2. The third-order valence-electron chi connectivity index (χ3n) is 8.19. The zero-order valence-corrected chi connectivity index (χ0v) is 32.4.